The van der Waals surface area contributed by atoms with Crippen LogP contribution in [0.4, 0.5) is 0 Å². The second-order valence-corrected chi connectivity index (χ2v) is 10.2. The normalized spacial score (nSPS) is 20.8. The number of rotatable bonds is 4. The first-order valence-electron chi connectivity index (χ1n) is 6.84. The maximum absolute atomic E-state index is 5.89. The van der Waals surface area contributed by atoms with Crippen molar-refractivity contribution in [1.29, 1.82) is 0 Å². The van der Waals surface area contributed by atoms with E-state index >= 15 is 0 Å². The third-order valence-electron chi connectivity index (χ3n) is 3.35. The highest BCUT2D eigenvalue weighted by Gasteiger charge is 2.50. The van der Waals surface area contributed by atoms with Crippen molar-refractivity contribution in [1.82, 2.24) is 4.98 Å². The highest BCUT2D eigenvalue weighted by atomic mass is 28.4. The van der Waals surface area contributed by atoms with Gasteiger partial charge in [0.2, 0.25) is 0 Å². The van der Waals surface area contributed by atoms with Crippen LogP contribution in [0.15, 0.2) is 23.8 Å². The molecule has 0 heterocycles. The monoisotopic (exact) mass is 283 g/mol. The molecule has 0 saturated carbocycles. The molecule has 0 aromatic rings. The number of hydrogen-bond acceptors (Lipinski definition) is 3. The molecule has 0 spiro atoms. The van der Waals surface area contributed by atoms with Crippen LogP contribution >= 0.6 is 0 Å². The number of hydrogen-bond donors (Lipinski definition) is 1. The molecule has 1 atom stereocenters. The molecule has 19 heavy (non-hydrogen) atoms. The Morgan fingerprint density at radius 1 is 1.05 bits per heavy atom. The van der Waals surface area contributed by atoms with Gasteiger partial charge in [-0.1, -0.05) is 44.6 Å². The van der Waals surface area contributed by atoms with E-state index in [0.717, 1.165) is 0 Å². The first-order chi connectivity index (χ1) is 8.56. The van der Waals surface area contributed by atoms with E-state index in [9.17, 15) is 0 Å². The fraction of sp³-hybridized carbons (Fsp3) is 0.733. The second kappa shape index (κ2) is 5.52. The van der Waals surface area contributed by atoms with Crippen LogP contribution in [0.25, 0.3) is 0 Å². The van der Waals surface area contributed by atoms with E-state index in [1.807, 2.05) is 0 Å². The lowest BCUT2D eigenvalue weighted by Gasteiger charge is -2.41. The molecule has 1 unspecified atom stereocenters. The molecule has 0 bridgehead atoms. The molecule has 0 saturated heterocycles. The molecule has 0 fully saturated rings. The Bertz CT molecular complexity index is 371. The van der Waals surface area contributed by atoms with Gasteiger partial charge in [0.05, 0.1) is 5.54 Å². The minimum atomic E-state index is -2.52. The molecule has 0 aromatic carbocycles. The van der Waals surface area contributed by atoms with Crippen molar-refractivity contribution in [3.05, 3.63) is 23.8 Å². The average molecular weight is 283 g/mol. The fourth-order valence-electron chi connectivity index (χ4n) is 2.57. The van der Waals surface area contributed by atoms with E-state index in [2.05, 4.69) is 64.8 Å². The molecule has 4 heteroatoms. The third-order valence-corrected chi connectivity index (χ3v) is 6.98. The Balaban J connectivity index is 3.13. The predicted octanol–water partition coefficient (Wildman–Crippen LogP) is 3.52. The Morgan fingerprint density at radius 2 is 1.58 bits per heavy atom. The van der Waals surface area contributed by atoms with Crippen LogP contribution in [0.5, 0.6) is 0 Å². The SMILES string of the molecule is CO[Si](NC(C)(C)C)(OC)C1C=CC=C1C(C)(C)C. The van der Waals surface area contributed by atoms with Gasteiger partial charge >= 0.3 is 8.72 Å². The van der Waals surface area contributed by atoms with Crippen LogP contribution in [0.3, 0.4) is 0 Å². The van der Waals surface area contributed by atoms with Crippen molar-refractivity contribution < 1.29 is 8.85 Å². The van der Waals surface area contributed by atoms with Crippen molar-refractivity contribution in [2.24, 2.45) is 5.41 Å². The summed E-state index contributed by atoms with van der Waals surface area (Å²) in [5, 5.41) is 0. The first kappa shape index (κ1) is 16.6. The molecule has 0 radical (unpaired) electrons. The molecule has 1 aliphatic rings. The summed E-state index contributed by atoms with van der Waals surface area (Å²) in [7, 11) is 0.978. The lowest BCUT2D eigenvalue weighted by atomic mass is 9.85. The molecule has 0 aromatic heterocycles. The lowest BCUT2D eigenvalue weighted by Crippen LogP contribution is -2.64. The van der Waals surface area contributed by atoms with Crippen LogP contribution in [-0.4, -0.2) is 28.5 Å². The first-order valence-corrected chi connectivity index (χ1v) is 8.73. The maximum atomic E-state index is 5.89. The van der Waals surface area contributed by atoms with Gasteiger partial charge in [-0.15, -0.1) is 0 Å². The summed E-state index contributed by atoms with van der Waals surface area (Å²) in [6.45, 7) is 13.1. The number of allylic oxidation sites excluding steroid dienone is 4. The van der Waals surface area contributed by atoms with E-state index in [0.29, 0.717) is 0 Å². The molecule has 0 amide bonds. The zero-order valence-electron chi connectivity index (χ0n) is 13.6. The van der Waals surface area contributed by atoms with Crippen molar-refractivity contribution in [2.75, 3.05) is 14.2 Å². The van der Waals surface area contributed by atoms with Gasteiger partial charge in [-0.3, -0.25) is 4.98 Å². The summed E-state index contributed by atoms with van der Waals surface area (Å²) in [5.41, 5.74) is 1.65. The molecular formula is C15H29NO2Si. The van der Waals surface area contributed by atoms with Gasteiger partial charge < -0.3 is 8.85 Å². The molecule has 1 rings (SSSR count). The van der Waals surface area contributed by atoms with E-state index in [1.54, 1.807) is 14.2 Å². The van der Waals surface area contributed by atoms with E-state index in [-0.39, 0.29) is 16.5 Å². The van der Waals surface area contributed by atoms with Gasteiger partial charge in [-0.25, -0.2) is 0 Å². The number of nitrogens with one attached hydrogen (secondary N) is 1. The van der Waals surface area contributed by atoms with E-state index < -0.39 is 8.72 Å². The summed E-state index contributed by atoms with van der Waals surface area (Å²) in [4.78, 5) is 3.62. The van der Waals surface area contributed by atoms with Crippen LogP contribution in [0, 0.1) is 5.41 Å². The van der Waals surface area contributed by atoms with Crippen molar-refractivity contribution >= 4 is 8.72 Å². The van der Waals surface area contributed by atoms with E-state index in [1.165, 1.54) is 5.57 Å². The second-order valence-electron chi connectivity index (χ2n) is 7.19. The third kappa shape index (κ3) is 3.78. The molecule has 0 aliphatic heterocycles. The minimum Gasteiger partial charge on any atom is -0.386 e. The fourth-order valence-corrected chi connectivity index (χ4v) is 5.95. The van der Waals surface area contributed by atoms with Crippen molar-refractivity contribution in [3.8, 4) is 0 Å². The lowest BCUT2D eigenvalue weighted by molar-refractivity contribution is 0.205. The Labute approximate surface area is 119 Å². The quantitative estimate of drug-likeness (QED) is 0.801. The molecule has 110 valence electrons. The maximum Gasteiger partial charge on any atom is 0.436 e. The van der Waals surface area contributed by atoms with Crippen LogP contribution in [0.2, 0.25) is 5.54 Å². The molecule has 1 N–H and O–H groups in total. The topological polar surface area (TPSA) is 30.5 Å². The molecule has 1 aliphatic carbocycles. The van der Waals surface area contributed by atoms with Crippen LogP contribution in [0.1, 0.15) is 41.5 Å². The minimum absolute atomic E-state index is 0.0440. The summed E-state index contributed by atoms with van der Waals surface area (Å²) in [6.07, 6.45) is 6.53. The zero-order valence-corrected chi connectivity index (χ0v) is 14.6. The summed E-state index contributed by atoms with van der Waals surface area (Å²) in [6, 6.07) is 0. The largest absolute Gasteiger partial charge is 0.436 e. The van der Waals surface area contributed by atoms with Crippen molar-refractivity contribution in [2.45, 2.75) is 52.6 Å². The Hall–Kier alpha value is -0.423. The van der Waals surface area contributed by atoms with Crippen LogP contribution in [-0.2, 0) is 8.85 Å². The van der Waals surface area contributed by atoms with E-state index in [4.69, 9.17) is 8.85 Å². The smallest absolute Gasteiger partial charge is 0.386 e. The molecule has 3 nitrogen and oxygen atoms in total. The van der Waals surface area contributed by atoms with Gasteiger partial charge in [0.25, 0.3) is 0 Å². The van der Waals surface area contributed by atoms with Gasteiger partial charge in [0.1, 0.15) is 0 Å². The summed E-state index contributed by atoms with van der Waals surface area (Å²) < 4.78 is 11.8. The highest BCUT2D eigenvalue weighted by Crippen LogP contribution is 2.44. The van der Waals surface area contributed by atoms with Gasteiger partial charge in [-0.05, 0) is 26.2 Å². The predicted molar refractivity (Wildman–Crippen MR) is 83.1 cm³/mol. The Kier molecular flexibility index (Phi) is 4.83. The van der Waals surface area contributed by atoms with Crippen molar-refractivity contribution in [3.63, 3.8) is 0 Å². The summed E-state index contributed by atoms with van der Waals surface area (Å²) in [5.74, 6) is 0. The Morgan fingerprint density at radius 3 is 1.95 bits per heavy atom. The zero-order chi connectivity index (χ0) is 14.9. The average Bonchev–Trinajstić information content (AvgIpc) is 2.73. The molecular weight excluding hydrogens is 254 g/mol. The van der Waals surface area contributed by atoms with Crippen LogP contribution < -0.4 is 4.98 Å². The standard InChI is InChI=1S/C15H29NO2Si/c1-14(2,3)12-10-9-11-13(12)19(17-7,18-8)16-15(4,5)6/h9-11,13,16H,1-8H3. The highest BCUT2D eigenvalue weighted by molar-refractivity contribution is 6.68. The van der Waals surface area contributed by atoms with Gasteiger partial charge in [0, 0.05) is 19.8 Å². The van der Waals surface area contributed by atoms with Gasteiger partial charge in [-0.2, -0.15) is 0 Å². The van der Waals surface area contributed by atoms with Gasteiger partial charge in [0.15, 0.2) is 0 Å². The summed E-state index contributed by atoms with van der Waals surface area (Å²) >= 11 is 0.